The van der Waals surface area contributed by atoms with Gasteiger partial charge in [-0.2, -0.15) is 0 Å². The Morgan fingerprint density at radius 1 is 0.295 bits per heavy atom. The smallest absolute Gasteiger partial charge is 0.204 e. The fourth-order valence-electron chi connectivity index (χ4n) is 10.8. The molecule has 8 nitrogen and oxygen atoms in total. The highest BCUT2D eigenvalue weighted by Gasteiger charge is 2.41. The summed E-state index contributed by atoms with van der Waals surface area (Å²) in [5, 5.41) is 0. The maximum absolute atomic E-state index is 15.7. The van der Waals surface area contributed by atoms with E-state index in [0.29, 0.717) is 97.8 Å². The quantitative estimate of drug-likeness (QED) is 0.0517. The van der Waals surface area contributed by atoms with E-state index in [9.17, 15) is 0 Å². The fraction of sp³-hybridized carbons (Fsp3) is 0.800. The lowest BCUT2D eigenvalue weighted by Crippen LogP contribution is -2.25. The Morgan fingerprint density at radius 3 is 0.859 bits per heavy atom. The number of unbranched alkanes of at least 4 members (excludes halogenated alkanes) is 24. The summed E-state index contributed by atoms with van der Waals surface area (Å²) in [4.78, 5) is 31.5. The van der Waals surface area contributed by atoms with E-state index >= 15 is 9.59 Å². The second-order valence-electron chi connectivity index (χ2n) is 24.6. The topological polar surface area (TPSA) is 89.5 Å². The second kappa shape index (κ2) is 43.3. The minimum Gasteiger partial charge on any atom is -0.490 e. The van der Waals surface area contributed by atoms with E-state index in [0.717, 1.165) is 103 Å². The van der Waals surface area contributed by atoms with E-state index in [1.165, 1.54) is 128 Å². The number of carbonyl (C=O) groups excluding carboxylic acids is 2. The summed E-state index contributed by atoms with van der Waals surface area (Å²) in [7, 11) is 0. The normalized spacial score (nSPS) is 13.0. The number of rotatable bonds is 52. The van der Waals surface area contributed by atoms with Crippen LogP contribution in [0.15, 0.2) is 12.1 Å². The van der Waals surface area contributed by atoms with Gasteiger partial charge >= 0.3 is 0 Å². The molecule has 0 fully saturated rings. The minimum absolute atomic E-state index is 0.247. The van der Waals surface area contributed by atoms with Gasteiger partial charge in [-0.3, -0.25) is 9.59 Å². The third-order valence-corrected chi connectivity index (χ3v) is 16.0. The molecule has 2 atom stereocenters. The van der Waals surface area contributed by atoms with Crippen LogP contribution in [0.2, 0.25) is 0 Å². The van der Waals surface area contributed by atoms with Gasteiger partial charge in [-0.05, 0) is 74.3 Å². The highest BCUT2D eigenvalue weighted by Crippen LogP contribution is 2.51. The molecule has 448 valence electrons. The molecule has 2 aromatic carbocycles. The van der Waals surface area contributed by atoms with Crippen LogP contribution in [-0.2, 0) is 0 Å². The average Bonchev–Trinajstić information content (AvgIpc) is 3.44. The summed E-state index contributed by atoms with van der Waals surface area (Å²) in [5.41, 5.74) is 1.04. The number of hydrogen-bond acceptors (Lipinski definition) is 8. The van der Waals surface area contributed by atoms with Gasteiger partial charge in [-0.1, -0.05) is 262 Å². The van der Waals surface area contributed by atoms with Gasteiger partial charge in [0.15, 0.2) is 34.6 Å². The molecule has 2 aromatic rings. The van der Waals surface area contributed by atoms with Gasteiger partial charge in [0, 0.05) is 11.1 Å². The van der Waals surface area contributed by atoms with Crippen molar-refractivity contribution in [2.24, 2.45) is 23.7 Å². The van der Waals surface area contributed by atoms with Crippen molar-refractivity contribution in [1.29, 1.82) is 0 Å². The zero-order chi connectivity index (χ0) is 56.6. The molecule has 0 aromatic heterocycles. The molecule has 1 aliphatic rings. The molecule has 0 radical (unpaired) electrons. The molecule has 2 unspecified atom stereocenters. The van der Waals surface area contributed by atoms with Crippen LogP contribution >= 0.6 is 0 Å². The molecule has 0 saturated heterocycles. The van der Waals surface area contributed by atoms with E-state index in [4.69, 9.17) is 28.4 Å². The third kappa shape index (κ3) is 27.4. The van der Waals surface area contributed by atoms with E-state index in [1.807, 2.05) is 0 Å². The standard InChI is InChI=1S/C70H120O8/c1-11-15-19-23-27-31-35-47-73-61-53-59-63(69(77-51-45-57(9)43-39-41-55(5)6)67(61)75-49-37-33-29-25-21-17-13-3)66(72)60-54-62(74-48-36-32-28-24-20-16-12-2)68(76-50-38-34-30-26-22-18-14-4)70(64(60)65(59)71)78-52-46-58(10)44-40-42-56(7)8/h53-58H,11-52H2,1-10H3. The molecule has 78 heavy (non-hydrogen) atoms. The van der Waals surface area contributed by atoms with E-state index in [-0.39, 0.29) is 33.8 Å². The van der Waals surface area contributed by atoms with Crippen LogP contribution in [0.5, 0.6) is 34.5 Å². The highest BCUT2D eigenvalue weighted by molar-refractivity contribution is 6.31. The zero-order valence-electron chi connectivity index (χ0n) is 52.4. The summed E-state index contributed by atoms with van der Waals surface area (Å²) < 4.78 is 40.9. The molecular formula is C70H120O8. The van der Waals surface area contributed by atoms with Gasteiger partial charge in [0.25, 0.3) is 0 Å². The van der Waals surface area contributed by atoms with Crippen molar-refractivity contribution in [3.05, 3.63) is 34.4 Å². The van der Waals surface area contributed by atoms with Crippen molar-refractivity contribution in [2.45, 2.75) is 300 Å². The molecule has 0 bridgehead atoms. The summed E-state index contributed by atoms with van der Waals surface area (Å²) in [6.45, 7) is 25.4. The van der Waals surface area contributed by atoms with Gasteiger partial charge in [0.2, 0.25) is 11.5 Å². The van der Waals surface area contributed by atoms with Gasteiger partial charge in [0.05, 0.1) is 50.8 Å². The molecule has 8 heteroatoms. The Balaban J connectivity index is 2.21. The van der Waals surface area contributed by atoms with Crippen molar-refractivity contribution in [2.75, 3.05) is 39.6 Å². The van der Waals surface area contributed by atoms with Gasteiger partial charge in [-0.15, -0.1) is 0 Å². The Kier molecular flexibility index (Phi) is 38.2. The van der Waals surface area contributed by atoms with Gasteiger partial charge in [0.1, 0.15) is 0 Å². The van der Waals surface area contributed by atoms with Crippen molar-refractivity contribution in [3.63, 3.8) is 0 Å². The highest BCUT2D eigenvalue weighted by atomic mass is 16.5. The van der Waals surface area contributed by atoms with Crippen molar-refractivity contribution in [3.8, 4) is 34.5 Å². The molecule has 0 aliphatic heterocycles. The molecule has 0 N–H and O–H groups in total. The number of ether oxygens (including phenoxy) is 6. The van der Waals surface area contributed by atoms with Crippen LogP contribution in [0, 0.1) is 23.7 Å². The maximum Gasteiger partial charge on any atom is 0.204 e. The van der Waals surface area contributed by atoms with Crippen LogP contribution in [0.25, 0.3) is 0 Å². The molecule has 0 spiro atoms. The largest absolute Gasteiger partial charge is 0.490 e. The molecule has 0 amide bonds. The first-order chi connectivity index (χ1) is 38.0. The number of hydrogen-bond donors (Lipinski definition) is 0. The Labute approximate surface area is 480 Å². The van der Waals surface area contributed by atoms with E-state index in [1.54, 1.807) is 12.1 Å². The third-order valence-electron chi connectivity index (χ3n) is 16.0. The monoisotopic (exact) mass is 1090 g/mol. The Hall–Kier alpha value is -3.42. The Bertz CT molecular complexity index is 1730. The average molecular weight is 1090 g/mol. The summed E-state index contributed by atoms with van der Waals surface area (Å²) in [6, 6.07) is 3.57. The van der Waals surface area contributed by atoms with E-state index < -0.39 is 0 Å². The lowest BCUT2D eigenvalue weighted by atomic mass is 9.82. The predicted molar refractivity (Wildman–Crippen MR) is 330 cm³/mol. The summed E-state index contributed by atoms with van der Waals surface area (Å²) >= 11 is 0. The molecule has 1 aliphatic carbocycles. The van der Waals surface area contributed by atoms with Crippen LogP contribution in [0.4, 0.5) is 0 Å². The van der Waals surface area contributed by atoms with Crippen molar-refractivity contribution in [1.82, 2.24) is 0 Å². The van der Waals surface area contributed by atoms with Crippen molar-refractivity contribution >= 4 is 11.6 Å². The summed E-state index contributed by atoms with van der Waals surface area (Å²) in [6.07, 6.45) is 40.9. The summed E-state index contributed by atoms with van der Waals surface area (Å²) in [5.74, 6) is 4.08. The lowest BCUT2D eigenvalue weighted by molar-refractivity contribution is 0.0967. The molecule has 3 rings (SSSR count). The first kappa shape index (κ1) is 68.9. The molecular weight excluding hydrogens is 969 g/mol. The van der Waals surface area contributed by atoms with Gasteiger partial charge < -0.3 is 28.4 Å². The van der Waals surface area contributed by atoms with E-state index in [2.05, 4.69) is 69.2 Å². The Morgan fingerprint density at radius 2 is 0.564 bits per heavy atom. The first-order valence-corrected chi connectivity index (χ1v) is 33.3. The maximum atomic E-state index is 15.7. The molecule has 0 saturated carbocycles. The minimum atomic E-state index is -0.287. The molecule has 0 heterocycles. The fourth-order valence-corrected chi connectivity index (χ4v) is 10.8. The van der Waals surface area contributed by atoms with Crippen LogP contribution in [0.1, 0.15) is 332 Å². The zero-order valence-corrected chi connectivity index (χ0v) is 52.4. The number of fused-ring (bicyclic) bond motifs is 2. The number of carbonyl (C=O) groups is 2. The first-order valence-electron chi connectivity index (χ1n) is 33.3. The number of ketones is 2. The van der Waals surface area contributed by atoms with Gasteiger partial charge in [-0.25, -0.2) is 0 Å². The van der Waals surface area contributed by atoms with Crippen LogP contribution in [0.3, 0.4) is 0 Å². The van der Waals surface area contributed by atoms with Crippen molar-refractivity contribution < 1.29 is 38.0 Å². The lowest BCUT2D eigenvalue weighted by Gasteiger charge is -2.28. The van der Waals surface area contributed by atoms with Crippen LogP contribution < -0.4 is 28.4 Å². The second-order valence-corrected chi connectivity index (χ2v) is 24.6. The van der Waals surface area contributed by atoms with Crippen LogP contribution in [-0.4, -0.2) is 51.2 Å². The predicted octanol–water partition coefficient (Wildman–Crippen LogP) is 21.4. The number of benzene rings is 2. The SMILES string of the molecule is CCCCCCCCCOc1cc2c(c(OCCC(C)CCCC(C)C)c1OCCCCCCCCC)C(=O)c1cc(OCCCCCCCCC)c(OCCCCCCCCC)c(OCCC(C)CCCC(C)C)c1C2=O.